The van der Waals surface area contributed by atoms with Crippen molar-refractivity contribution in [2.24, 2.45) is 0 Å². The van der Waals surface area contributed by atoms with Crippen LogP contribution in [0.1, 0.15) is 15.4 Å². The Kier molecular flexibility index (Phi) is 5.58. The highest BCUT2D eigenvalue weighted by molar-refractivity contribution is 7.09. The largest absolute Gasteiger partial charge is 0.497 e. The van der Waals surface area contributed by atoms with Crippen molar-refractivity contribution in [3.63, 3.8) is 0 Å². The number of thiazole rings is 1. The third-order valence-electron chi connectivity index (χ3n) is 3.74. The monoisotopic (exact) mass is 374 g/mol. The molecular formula is C19H16F2N2O2S. The molecule has 0 radical (unpaired) electrons. The van der Waals surface area contributed by atoms with Crippen molar-refractivity contribution in [3.05, 3.63) is 70.1 Å². The lowest BCUT2D eigenvalue weighted by atomic mass is 10.2. The van der Waals surface area contributed by atoms with Gasteiger partial charge in [-0.3, -0.25) is 4.79 Å². The van der Waals surface area contributed by atoms with Crippen molar-refractivity contribution in [1.82, 2.24) is 10.3 Å². The number of methoxy groups -OCH3 is 1. The van der Waals surface area contributed by atoms with Crippen molar-refractivity contribution >= 4 is 17.2 Å². The van der Waals surface area contributed by atoms with E-state index in [0.717, 1.165) is 34.1 Å². The number of nitrogens with one attached hydrogen (secondary N) is 1. The number of ether oxygens (including phenoxy) is 1. The van der Waals surface area contributed by atoms with Crippen LogP contribution < -0.4 is 10.1 Å². The molecule has 0 aliphatic rings. The van der Waals surface area contributed by atoms with Gasteiger partial charge in [0.05, 0.1) is 17.8 Å². The summed E-state index contributed by atoms with van der Waals surface area (Å²) in [6.45, 7) is 0.355. The molecule has 0 aliphatic heterocycles. The molecule has 1 heterocycles. The lowest BCUT2D eigenvalue weighted by Crippen LogP contribution is -2.25. The number of hydrogen-bond donors (Lipinski definition) is 1. The number of aromatic nitrogens is 1. The van der Waals surface area contributed by atoms with Crippen molar-refractivity contribution in [2.75, 3.05) is 13.7 Å². The Balaban J connectivity index is 1.56. The third-order valence-corrected chi connectivity index (χ3v) is 4.65. The maximum atomic E-state index is 13.2. The zero-order valence-corrected chi connectivity index (χ0v) is 14.8. The molecule has 0 saturated carbocycles. The Morgan fingerprint density at radius 1 is 1.15 bits per heavy atom. The van der Waals surface area contributed by atoms with Crippen LogP contribution in [0.4, 0.5) is 8.78 Å². The maximum Gasteiger partial charge on any atom is 0.251 e. The number of hydrogen-bond acceptors (Lipinski definition) is 4. The minimum Gasteiger partial charge on any atom is -0.497 e. The van der Waals surface area contributed by atoms with Gasteiger partial charge in [-0.25, -0.2) is 13.8 Å². The fourth-order valence-electron chi connectivity index (χ4n) is 2.34. The van der Waals surface area contributed by atoms with Gasteiger partial charge in [-0.1, -0.05) is 0 Å². The third kappa shape index (κ3) is 4.23. The standard InChI is InChI=1S/C19H16F2N2O2S/c1-25-14-5-2-12(3-6-14)17-11-26-18(23-17)8-9-22-19(24)13-4-7-15(20)16(21)10-13/h2-7,10-11H,8-9H2,1H3,(H,22,24). The van der Waals surface area contributed by atoms with E-state index in [9.17, 15) is 13.6 Å². The van der Waals surface area contributed by atoms with E-state index < -0.39 is 17.5 Å². The summed E-state index contributed by atoms with van der Waals surface area (Å²) < 4.78 is 31.2. The van der Waals surface area contributed by atoms with Crippen LogP contribution in [-0.4, -0.2) is 24.5 Å². The summed E-state index contributed by atoms with van der Waals surface area (Å²) in [5.74, 6) is -1.68. The molecule has 2 aromatic carbocycles. The molecule has 0 unspecified atom stereocenters. The van der Waals surface area contributed by atoms with Crippen LogP contribution in [-0.2, 0) is 6.42 Å². The van der Waals surface area contributed by atoms with E-state index in [1.807, 2.05) is 29.6 Å². The predicted octanol–water partition coefficient (Wildman–Crippen LogP) is 4.07. The molecule has 1 aromatic heterocycles. The van der Waals surface area contributed by atoms with Gasteiger partial charge in [0.15, 0.2) is 11.6 Å². The van der Waals surface area contributed by atoms with Crippen molar-refractivity contribution in [3.8, 4) is 17.0 Å². The van der Waals surface area contributed by atoms with E-state index in [2.05, 4.69) is 10.3 Å². The lowest BCUT2D eigenvalue weighted by Gasteiger charge is -2.04. The summed E-state index contributed by atoms with van der Waals surface area (Å²) in [7, 11) is 1.62. The first-order valence-electron chi connectivity index (χ1n) is 7.89. The number of carbonyl (C=O) groups is 1. The molecule has 0 spiro atoms. The van der Waals surface area contributed by atoms with Gasteiger partial charge in [0.1, 0.15) is 5.75 Å². The fourth-order valence-corrected chi connectivity index (χ4v) is 3.15. The fraction of sp³-hybridized carbons (Fsp3) is 0.158. The van der Waals surface area contributed by atoms with Crippen molar-refractivity contribution in [1.29, 1.82) is 0 Å². The van der Waals surface area contributed by atoms with E-state index in [-0.39, 0.29) is 5.56 Å². The van der Waals surface area contributed by atoms with E-state index in [1.54, 1.807) is 7.11 Å². The van der Waals surface area contributed by atoms with E-state index in [0.29, 0.717) is 13.0 Å². The number of rotatable bonds is 6. The van der Waals surface area contributed by atoms with Crippen LogP contribution in [0.25, 0.3) is 11.3 Å². The molecule has 4 nitrogen and oxygen atoms in total. The number of amides is 1. The van der Waals surface area contributed by atoms with Crippen LogP contribution in [0.3, 0.4) is 0 Å². The second-order valence-corrected chi connectivity index (χ2v) is 6.43. The molecule has 0 saturated heterocycles. The van der Waals surface area contributed by atoms with Crippen LogP contribution in [0, 0.1) is 11.6 Å². The highest BCUT2D eigenvalue weighted by Crippen LogP contribution is 2.24. The molecule has 0 aliphatic carbocycles. The molecule has 7 heteroatoms. The Bertz CT molecular complexity index is 910. The van der Waals surface area contributed by atoms with Gasteiger partial charge in [-0.2, -0.15) is 0 Å². The molecule has 3 rings (SSSR count). The molecule has 134 valence electrons. The van der Waals surface area contributed by atoms with Gasteiger partial charge in [0.25, 0.3) is 5.91 Å². The minimum absolute atomic E-state index is 0.0851. The molecule has 0 fully saturated rings. The summed E-state index contributed by atoms with van der Waals surface area (Å²) in [5.41, 5.74) is 1.93. The summed E-state index contributed by atoms with van der Waals surface area (Å²) in [4.78, 5) is 16.5. The highest BCUT2D eigenvalue weighted by atomic mass is 32.1. The van der Waals surface area contributed by atoms with Gasteiger partial charge < -0.3 is 10.1 Å². The number of carbonyl (C=O) groups excluding carboxylic acids is 1. The topological polar surface area (TPSA) is 51.2 Å². The quantitative estimate of drug-likeness (QED) is 0.708. The van der Waals surface area contributed by atoms with Gasteiger partial charge in [0, 0.05) is 29.5 Å². The Morgan fingerprint density at radius 2 is 1.92 bits per heavy atom. The normalized spacial score (nSPS) is 10.6. The average molecular weight is 374 g/mol. The molecule has 0 bridgehead atoms. The first-order valence-corrected chi connectivity index (χ1v) is 8.77. The summed E-state index contributed by atoms with van der Waals surface area (Å²) >= 11 is 1.50. The summed E-state index contributed by atoms with van der Waals surface area (Å²) in [5, 5.41) is 5.51. The molecule has 1 N–H and O–H groups in total. The number of halogens is 2. The van der Waals surface area contributed by atoms with Crippen LogP contribution in [0.2, 0.25) is 0 Å². The van der Waals surface area contributed by atoms with E-state index in [1.165, 1.54) is 17.4 Å². The van der Waals surface area contributed by atoms with Gasteiger partial charge in [-0.05, 0) is 42.5 Å². The maximum absolute atomic E-state index is 13.2. The molecule has 26 heavy (non-hydrogen) atoms. The van der Waals surface area contributed by atoms with Crippen LogP contribution >= 0.6 is 11.3 Å². The summed E-state index contributed by atoms with van der Waals surface area (Å²) in [6, 6.07) is 10.7. The van der Waals surface area contributed by atoms with Gasteiger partial charge >= 0.3 is 0 Å². The van der Waals surface area contributed by atoms with Crippen molar-refractivity contribution < 1.29 is 18.3 Å². The SMILES string of the molecule is COc1ccc(-c2csc(CCNC(=O)c3ccc(F)c(F)c3)n2)cc1. The smallest absolute Gasteiger partial charge is 0.251 e. The zero-order valence-electron chi connectivity index (χ0n) is 14.0. The molecule has 1 amide bonds. The predicted molar refractivity (Wildman–Crippen MR) is 96.5 cm³/mol. The van der Waals surface area contributed by atoms with Crippen LogP contribution in [0.5, 0.6) is 5.75 Å². The van der Waals surface area contributed by atoms with Gasteiger partial charge in [-0.15, -0.1) is 11.3 Å². The second-order valence-electron chi connectivity index (χ2n) is 5.49. The summed E-state index contributed by atoms with van der Waals surface area (Å²) in [6.07, 6.45) is 0.552. The first kappa shape index (κ1) is 18.0. The second kappa shape index (κ2) is 8.05. The highest BCUT2D eigenvalue weighted by Gasteiger charge is 2.10. The number of nitrogens with zero attached hydrogens (tertiary/aromatic N) is 1. The number of benzene rings is 2. The van der Waals surface area contributed by atoms with Crippen molar-refractivity contribution in [2.45, 2.75) is 6.42 Å². The lowest BCUT2D eigenvalue weighted by molar-refractivity contribution is 0.0953. The zero-order chi connectivity index (χ0) is 18.5. The van der Waals surface area contributed by atoms with E-state index >= 15 is 0 Å². The Hall–Kier alpha value is -2.80. The first-order chi connectivity index (χ1) is 12.6. The van der Waals surface area contributed by atoms with Gasteiger partial charge in [0.2, 0.25) is 0 Å². The molecular weight excluding hydrogens is 358 g/mol. The van der Waals surface area contributed by atoms with Crippen LogP contribution in [0.15, 0.2) is 47.8 Å². The Labute approximate surface area is 153 Å². The Morgan fingerprint density at radius 3 is 2.62 bits per heavy atom. The molecule has 3 aromatic rings. The van der Waals surface area contributed by atoms with E-state index in [4.69, 9.17) is 4.74 Å². The molecule has 0 atom stereocenters. The minimum atomic E-state index is -1.04. The average Bonchev–Trinajstić information content (AvgIpc) is 3.13.